The Morgan fingerprint density at radius 1 is 1.13 bits per heavy atom. The minimum absolute atomic E-state index is 0.0743. The average Bonchev–Trinajstić information content (AvgIpc) is 3.43. The van der Waals surface area contributed by atoms with E-state index in [1.165, 1.54) is 25.7 Å². The van der Waals surface area contributed by atoms with Gasteiger partial charge >= 0.3 is 0 Å². The number of carbonyl (C=O) groups excluding carboxylic acids is 2. The number of hydrogen-bond acceptors (Lipinski definition) is 8. The molecule has 1 saturated carbocycles. The van der Waals surface area contributed by atoms with Crippen molar-refractivity contribution in [1.29, 1.82) is 0 Å². The Kier molecular flexibility index (Phi) is 8.20. The number of ether oxygens (including phenoxy) is 1. The molecule has 5 rings (SSSR count). The maximum Gasteiger partial charge on any atom is 0.251 e. The number of likely N-dealkylation sites (tertiary alicyclic amines) is 1. The summed E-state index contributed by atoms with van der Waals surface area (Å²) >= 11 is 0. The molecule has 2 aliphatic heterocycles. The van der Waals surface area contributed by atoms with Crippen LogP contribution in [0, 0.1) is 11.8 Å². The van der Waals surface area contributed by atoms with Gasteiger partial charge in [-0.1, -0.05) is 19.8 Å². The number of amides is 2. The first-order chi connectivity index (χ1) is 18.8. The lowest BCUT2D eigenvalue weighted by Crippen LogP contribution is -2.43. The van der Waals surface area contributed by atoms with Crippen LogP contribution in [0.15, 0.2) is 24.4 Å². The lowest BCUT2D eigenvalue weighted by atomic mass is 10.0. The minimum Gasteiger partial charge on any atom is -0.495 e. The molecule has 10 nitrogen and oxygen atoms in total. The first kappa shape index (κ1) is 27.2. The van der Waals surface area contributed by atoms with Crippen LogP contribution in [0.25, 0.3) is 0 Å². The van der Waals surface area contributed by atoms with E-state index in [0.29, 0.717) is 35.4 Å². The zero-order valence-corrected chi connectivity index (χ0v) is 23.6. The molecule has 210 valence electrons. The summed E-state index contributed by atoms with van der Waals surface area (Å²) in [5.41, 5.74) is 1.94. The van der Waals surface area contributed by atoms with Crippen molar-refractivity contribution in [1.82, 2.24) is 20.2 Å². The summed E-state index contributed by atoms with van der Waals surface area (Å²) in [6.45, 7) is 5.47. The van der Waals surface area contributed by atoms with Gasteiger partial charge < -0.3 is 30.1 Å². The number of methoxy groups -OCH3 is 1. The first-order valence-electron chi connectivity index (χ1n) is 14.2. The molecule has 1 aromatic carbocycles. The molecule has 2 fully saturated rings. The van der Waals surface area contributed by atoms with Crippen molar-refractivity contribution >= 4 is 35.0 Å². The van der Waals surface area contributed by atoms with Crippen LogP contribution in [0.4, 0.5) is 23.1 Å². The van der Waals surface area contributed by atoms with E-state index in [4.69, 9.17) is 9.72 Å². The monoisotopic (exact) mass is 535 g/mol. The Morgan fingerprint density at radius 2 is 1.87 bits per heavy atom. The van der Waals surface area contributed by atoms with Crippen LogP contribution in [-0.4, -0.2) is 80.1 Å². The van der Waals surface area contributed by atoms with Gasteiger partial charge in [0.2, 0.25) is 11.9 Å². The van der Waals surface area contributed by atoms with E-state index >= 15 is 0 Å². The van der Waals surface area contributed by atoms with E-state index in [1.807, 2.05) is 13.0 Å². The van der Waals surface area contributed by atoms with Crippen molar-refractivity contribution in [2.24, 2.45) is 11.8 Å². The number of nitrogens with zero attached hydrogens (tertiary/aromatic N) is 5. The van der Waals surface area contributed by atoms with Crippen molar-refractivity contribution in [3.63, 3.8) is 0 Å². The summed E-state index contributed by atoms with van der Waals surface area (Å²) in [5.74, 6) is 2.19. The largest absolute Gasteiger partial charge is 0.495 e. The standard InChI is InChI=1S/C29H41N7O3/c1-19-17-36(18-20-7-5-6-8-20)26-24(35(3)28(19)38)16-30-29(33-26)32-23-10-9-21(15-25(23)39-4)27(37)31-22-11-13-34(2)14-12-22/h9-10,15-16,19-20,22H,5-8,11-14,17-18H2,1-4H3,(H,31,37)(H,30,32,33). The number of aromatic nitrogens is 2. The molecule has 0 bridgehead atoms. The van der Waals surface area contributed by atoms with Gasteiger partial charge in [0.25, 0.3) is 5.91 Å². The van der Waals surface area contributed by atoms with Gasteiger partial charge in [-0.2, -0.15) is 4.98 Å². The number of nitrogens with one attached hydrogen (secondary N) is 2. The van der Waals surface area contributed by atoms with Gasteiger partial charge in [0, 0.05) is 31.7 Å². The van der Waals surface area contributed by atoms with Gasteiger partial charge in [0.15, 0.2) is 5.82 Å². The Bertz CT molecular complexity index is 1190. The highest BCUT2D eigenvalue weighted by atomic mass is 16.5. The number of piperidine rings is 1. The zero-order valence-electron chi connectivity index (χ0n) is 23.6. The highest BCUT2D eigenvalue weighted by Crippen LogP contribution is 2.36. The molecule has 1 aliphatic carbocycles. The van der Waals surface area contributed by atoms with Gasteiger partial charge in [-0.15, -0.1) is 0 Å². The fourth-order valence-electron chi connectivity index (χ4n) is 5.98. The predicted octanol–water partition coefficient (Wildman–Crippen LogP) is 3.66. The number of carbonyl (C=O) groups is 2. The molecule has 0 spiro atoms. The van der Waals surface area contributed by atoms with Crippen molar-refractivity contribution in [3.05, 3.63) is 30.0 Å². The van der Waals surface area contributed by atoms with E-state index in [-0.39, 0.29) is 23.8 Å². The molecule has 1 atom stereocenters. The molecule has 39 heavy (non-hydrogen) atoms. The summed E-state index contributed by atoms with van der Waals surface area (Å²) < 4.78 is 5.63. The van der Waals surface area contributed by atoms with Crippen molar-refractivity contribution in [3.8, 4) is 5.75 Å². The smallest absolute Gasteiger partial charge is 0.251 e. The third-order valence-corrected chi connectivity index (χ3v) is 8.37. The Labute approximate surface area is 231 Å². The van der Waals surface area contributed by atoms with Crippen LogP contribution in [-0.2, 0) is 4.79 Å². The van der Waals surface area contributed by atoms with Crippen LogP contribution < -0.4 is 25.2 Å². The van der Waals surface area contributed by atoms with Crippen molar-refractivity contribution in [2.45, 2.75) is 51.5 Å². The normalized spacial score (nSPS) is 21.0. The molecule has 3 aliphatic rings. The molecule has 1 saturated heterocycles. The Balaban J connectivity index is 1.36. The zero-order chi connectivity index (χ0) is 27.5. The van der Waals surface area contributed by atoms with Gasteiger partial charge in [-0.05, 0) is 69.9 Å². The molecular formula is C29H41N7O3. The molecule has 0 radical (unpaired) electrons. The summed E-state index contributed by atoms with van der Waals surface area (Å²) in [7, 11) is 5.49. The number of benzene rings is 1. The van der Waals surface area contributed by atoms with Crippen molar-refractivity contribution in [2.75, 3.05) is 62.5 Å². The van der Waals surface area contributed by atoms with E-state index in [1.54, 1.807) is 37.4 Å². The summed E-state index contributed by atoms with van der Waals surface area (Å²) in [6, 6.07) is 5.55. The molecule has 3 heterocycles. The maximum absolute atomic E-state index is 13.0. The van der Waals surface area contributed by atoms with Crippen LogP contribution in [0.1, 0.15) is 55.8 Å². The third-order valence-electron chi connectivity index (χ3n) is 8.37. The number of anilines is 4. The SMILES string of the molecule is COc1cc(C(=O)NC2CCN(C)CC2)ccc1Nc1ncc2c(n1)N(CC1CCCC1)CC(C)C(=O)N2C. The molecule has 2 N–H and O–H groups in total. The fraction of sp³-hybridized carbons (Fsp3) is 0.586. The van der Waals surface area contributed by atoms with Crippen LogP contribution in [0.5, 0.6) is 5.75 Å². The predicted molar refractivity (Wildman–Crippen MR) is 153 cm³/mol. The third kappa shape index (κ3) is 6.11. The molecule has 1 aromatic heterocycles. The van der Waals surface area contributed by atoms with E-state index in [0.717, 1.165) is 44.0 Å². The number of hydrogen-bond donors (Lipinski definition) is 2. The average molecular weight is 536 g/mol. The maximum atomic E-state index is 13.0. The molecule has 1 unspecified atom stereocenters. The first-order valence-corrected chi connectivity index (χ1v) is 14.2. The molecular weight excluding hydrogens is 494 g/mol. The quantitative estimate of drug-likeness (QED) is 0.554. The molecule has 2 aromatic rings. The summed E-state index contributed by atoms with van der Waals surface area (Å²) in [5, 5.41) is 6.44. The Hall–Kier alpha value is -3.40. The lowest BCUT2D eigenvalue weighted by molar-refractivity contribution is -0.121. The van der Waals surface area contributed by atoms with Crippen molar-refractivity contribution < 1.29 is 14.3 Å². The second-order valence-corrected chi connectivity index (χ2v) is 11.3. The highest BCUT2D eigenvalue weighted by Gasteiger charge is 2.32. The fourth-order valence-corrected chi connectivity index (χ4v) is 5.98. The molecule has 10 heteroatoms. The minimum atomic E-state index is -0.129. The topological polar surface area (TPSA) is 103 Å². The number of rotatable bonds is 7. The second kappa shape index (κ2) is 11.8. The van der Waals surface area contributed by atoms with E-state index in [9.17, 15) is 9.59 Å². The van der Waals surface area contributed by atoms with Gasteiger partial charge in [-0.25, -0.2) is 4.98 Å². The molecule has 2 amide bonds. The number of fused-ring (bicyclic) bond motifs is 1. The highest BCUT2D eigenvalue weighted by molar-refractivity contribution is 5.99. The van der Waals surface area contributed by atoms with Gasteiger partial charge in [0.05, 0.1) is 24.9 Å². The summed E-state index contributed by atoms with van der Waals surface area (Å²) in [6.07, 6.45) is 8.59. The van der Waals surface area contributed by atoms with E-state index in [2.05, 4.69) is 32.5 Å². The second-order valence-electron chi connectivity index (χ2n) is 11.3. The lowest BCUT2D eigenvalue weighted by Gasteiger charge is -2.29. The van der Waals surface area contributed by atoms with Gasteiger partial charge in [-0.3, -0.25) is 9.59 Å². The van der Waals surface area contributed by atoms with Crippen LogP contribution in [0.3, 0.4) is 0 Å². The van der Waals surface area contributed by atoms with Crippen LogP contribution >= 0.6 is 0 Å². The summed E-state index contributed by atoms with van der Waals surface area (Å²) in [4.78, 5) is 41.5. The van der Waals surface area contributed by atoms with Crippen LogP contribution in [0.2, 0.25) is 0 Å². The van der Waals surface area contributed by atoms with Gasteiger partial charge in [0.1, 0.15) is 11.4 Å². The van der Waals surface area contributed by atoms with E-state index < -0.39 is 0 Å². The Morgan fingerprint density at radius 3 is 2.59 bits per heavy atom.